The van der Waals surface area contributed by atoms with E-state index in [0.29, 0.717) is 16.5 Å². The molecule has 0 bridgehead atoms. The van der Waals surface area contributed by atoms with Gasteiger partial charge in [-0.1, -0.05) is 12.1 Å². The Morgan fingerprint density at radius 3 is 2.87 bits per heavy atom. The smallest absolute Gasteiger partial charge is 0.142 e. The molecule has 0 aliphatic heterocycles. The molecule has 1 rings (SSSR count). The molecule has 0 aliphatic carbocycles. The maximum Gasteiger partial charge on any atom is 0.142 e. The molecule has 0 spiro atoms. The van der Waals surface area contributed by atoms with Crippen LogP contribution in [0.15, 0.2) is 22.7 Å². The zero-order valence-electron chi connectivity index (χ0n) is 8.77. The van der Waals surface area contributed by atoms with Crippen LogP contribution in [0.4, 0.5) is 4.39 Å². The lowest BCUT2D eigenvalue weighted by Gasteiger charge is -2.15. The average molecular weight is 270 g/mol. The molecule has 0 amide bonds. The first-order valence-electron chi connectivity index (χ1n) is 4.71. The fourth-order valence-electron chi connectivity index (χ4n) is 1.36. The second kappa shape index (κ2) is 5.89. The highest BCUT2D eigenvalue weighted by Crippen LogP contribution is 2.25. The van der Waals surface area contributed by atoms with E-state index in [0.717, 1.165) is 0 Å². The first-order chi connectivity index (χ1) is 7.20. The Morgan fingerprint density at radius 2 is 2.27 bits per heavy atom. The lowest BCUT2D eigenvalue weighted by molar-refractivity contribution is 0.540. The van der Waals surface area contributed by atoms with Gasteiger partial charge in [-0.05, 0) is 36.0 Å². The third-order valence-corrected chi connectivity index (χ3v) is 2.80. The third-order valence-electron chi connectivity index (χ3n) is 2.19. The zero-order chi connectivity index (χ0) is 11.3. The van der Waals surface area contributed by atoms with Crippen molar-refractivity contribution in [2.45, 2.75) is 19.4 Å². The maximum atomic E-state index is 13.7. The number of hydrogen-bond acceptors (Lipinski definition) is 1. The van der Waals surface area contributed by atoms with Gasteiger partial charge in [0.25, 0.3) is 0 Å². The van der Waals surface area contributed by atoms with Crippen LogP contribution in [0, 0.1) is 17.7 Å². The number of rotatable bonds is 3. The Bertz CT molecular complexity index is 392. The van der Waals surface area contributed by atoms with Crippen molar-refractivity contribution in [1.29, 1.82) is 0 Å². The Morgan fingerprint density at radius 1 is 1.53 bits per heavy atom. The van der Waals surface area contributed by atoms with Crippen LogP contribution >= 0.6 is 15.9 Å². The molecule has 0 saturated heterocycles. The van der Waals surface area contributed by atoms with Gasteiger partial charge >= 0.3 is 0 Å². The van der Waals surface area contributed by atoms with Gasteiger partial charge < -0.3 is 5.32 Å². The predicted octanol–water partition coefficient (Wildman–Crippen LogP) is 3.26. The van der Waals surface area contributed by atoms with Crippen LogP contribution in [-0.2, 0) is 0 Å². The lowest BCUT2D eigenvalue weighted by atomic mass is 10.0. The molecule has 0 aliphatic rings. The highest BCUT2D eigenvalue weighted by molar-refractivity contribution is 9.10. The van der Waals surface area contributed by atoms with Crippen molar-refractivity contribution in [3.8, 4) is 11.8 Å². The van der Waals surface area contributed by atoms with Gasteiger partial charge in [-0.25, -0.2) is 4.39 Å². The van der Waals surface area contributed by atoms with Gasteiger partial charge in [0.2, 0.25) is 0 Å². The Labute approximate surface area is 98.2 Å². The van der Waals surface area contributed by atoms with Crippen LogP contribution in [0.2, 0.25) is 0 Å². The highest BCUT2D eigenvalue weighted by atomic mass is 79.9. The Hall–Kier alpha value is -0.850. The summed E-state index contributed by atoms with van der Waals surface area (Å²) >= 11 is 3.17. The highest BCUT2D eigenvalue weighted by Gasteiger charge is 2.14. The second-order valence-electron chi connectivity index (χ2n) is 3.12. The van der Waals surface area contributed by atoms with E-state index in [1.165, 1.54) is 0 Å². The van der Waals surface area contributed by atoms with E-state index >= 15 is 0 Å². The first kappa shape index (κ1) is 12.2. The van der Waals surface area contributed by atoms with Gasteiger partial charge in [0.1, 0.15) is 5.82 Å². The number of benzene rings is 1. The van der Waals surface area contributed by atoms with Crippen molar-refractivity contribution in [3.05, 3.63) is 34.1 Å². The summed E-state index contributed by atoms with van der Waals surface area (Å²) in [5.41, 5.74) is 0.648. The van der Waals surface area contributed by atoms with E-state index in [9.17, 15) is 4.39 Å². The van der Waals surface area contributed by atoms with Crippen molar-refractivity contribution >= 4 is 15.9 Å². The van der Waals surface area contributed by atoms with Gasteiger partial charge in [-0.3, -0.25) is 0 Å². The summed E-state index contributed by atoms with van der Waals surface area (Å²) in [6, 6.07) is 5.23. The molecule has 15 heavy (non-hydrogen) atoms. The van der Waals surface area contributed by atoms with Crippen LogP contribution in [0.25, 0.3) is 0 Å². The summed E-state index contributed by atoms with van der Waals surface area (Å²) in [6.07, 6.45) is 0.611. The normalized spacial score (nSPS) is 11.7. The Kier molecular flexibility index (Phi) is 4.80. The molecule has 1 nitrogen and oxygen atoms in total. The second-order valence-corrected chi connectivity index (χ2v) is 3.97. The lowest BCUT2D eigenvalue weighted by Crippen LogP contribution is -2.17. The largest absolute Gasteiger partial charge is 0.312 e. The summed E-state index contributed by atoms with van der Waals surface area (Å²) < 4.78 is 14.2. The zero-order valence-corrected chi connectivity index (χ0v) is 10.4. The van der Waals surface area contributed by atoms with E-state index < -0.39 is 0 Å². The van der Waals surface area contributed by atoms with Crippen molar-refractivity contribution < 1.29 is 4.39 Å². The quantitative estimate of drug-likeness (QED) is 0.831. The van der Waals surface area contributed by atoms with Crippen molar-refractivity contribution in [2.24, 2.45) is 0 Å². The Balaban J connectivity index is 2.99. The fourth-order valence-corrected chi connectivity index (χ4v) is 1.74. The standard InChI is InChI=1S/C12H13BrFN/c1-3-4-8-11(15-2)9-6-5-7-10(13)12(9)14/h5-7,11,15H,8H2,1-2H3. The minimum atomic E-state index is -0.213. The van der Waals surface area contributed by atoms with Gasteiger partial charge in [0.15, 0.2) is 0 Å². The van der Waals surface area contributed by atoms with Crippen molar-refractivity contribution in [2.75, 3.05) is 7.05 Å². The molecular formula is C12H13BrFN. The third kappa shape index (κ3) is 3.05. The first-order valence-corrected chi connectivity index (χ1v) is 5.50. The fraction of sp³-hybridized carbons (Fsp3) is 0.333. The van der Waals surface area contributed by atoms with Crippen LogP contribution < -0.4 is 5.32 Å². The van der Waals surface area contributed by atoms with Crippen molar-refractivity contribution in [3.63, 3.8) is 0 Å². The van der Waals surface area contributed by atoms with E-state index in [1.54, 1.807) is 19.1 Å². The molecule has 80 valence electrons. The summed E-state index contributed by atoms with van der Waals surface area (Å²) in [6.45, 7) is 1.78. The molecule has 0 aromatic heterocycles. The van der Waals surface area contributed by atoms with Crippen molar-refractivity contribution in [1.82, 2.24) is 5.32 Å². The predicted molar refractivity (Wildman–Crippen MR) is 64.0 cm³/mol. The minimum Gasteiger partial charge on any atom is -0.312 e. The molecule has 0 heterocycles. The monoisotopic (exact) mass is 269 g/mol. The molecule has 1 aromatic carbocycles. The molecule has 1 N–H and O–H groups in total. The van der Waals surface area contributed by atoms with Crippen LogP contribution in [0.1, 0.15) is 24.9 Å². The summed E-state index contributed by atoms with van der Waals surface area (Å²) in [7, 11) is 1.81. The average Bonchev–Trinajstić information content (AvgIpc) is 2.25. The van der Waals surface area contributed by atoms with Gasteiger partial charge in [0.05, 0.1) is 4.47 Å². The molecule has 1 atom stereocenters. The van der Waals surface area contributed by atoms with E-state index in [2.05, 4.69) is 33.1 Å². The van der Waals surface area contributed by atoms with Gasteiger partial charge in [0, 0.05) is 18.0 Å². The molecule has 0 fully saturated rings. The van der Waals surface area contributed by atoms with Gasteiger partial charge in [-0.15, -0.1) is 11.8 Å². The molecule has 1 unspecified atom stereocenters. The van der Waals surface area contributed by atoms with E-state index in [1.807, 2.05) is 13.1 Å². The van der Waals surface area contributed by atoms with Gasteiger partial charge in [-0.2, -0.15) is 0 Å². The molecule has 0 saturated carbocycles. The number of halogens is 2. The molecule has 0 radical (unpaired) electrons. The molecule has 3 heteroatoms. The number of hydrogen-bond donors (Lipinski definition) is 1. The van der Waals surface area contributed by atoms with Crippen LogP contribution in [-0.4, -0.2) is 7.05 Å². The van der Waals surface area contributed by atoms with Crippen LogP contribution in [0.3, 0.4) is 0 Å². The minimum absolute atomic E-state index is 0.0602. The summed E-state index contributed by atoms with van der Waals surface area (Å²) in [5.74, 6) is 5.55. The van der Waals surface area contributed by atoms with E-state index in [4.69, 9.17) is 0 Å². The summed E-state index contributed by atoms with van der Waals surface area (Å²) in [5, 5.41) is 3.06. The number of nitrogens with one attached hydrogen (secondary N) is 1. The molecular weight excluding hydrogens is 257 g/mol. The van der Waals surface area contributed by atoms with Crippen LogP contribution in [0.5, 0.6) is 0 Å². The topological polar surface area (TPSA) is 12.0 Å². The molecule has 1 aromatic rings. The van der Waals surface area contributed by atoms with E-state index in [-0.39, 0.29) is 11.9 Å². The SMILES string of the molecule is CC#CCC(NC)c1cccc(Br)c1F. The summed E-state index contributed by atoms with van der Waals surface area (Å²) in [4.78, 5) is 0. The maximum absolute atomic E-state index is 13.7.